The molecule has 19 heavy (non-hydrogen) atoms. The summed E-state index contributed by atoms with van der Waals surface area (Å²) in [5.74, 6) is -0.949. The van der Waals surface area contributed by atoms with Crippen molar-refractivity contribution in [1.29, 1.82) is 0 Å². The SMILES string of the molecule is CCCC(CC)NC(=O)NCC1CCCC1C(=O)O. The topological polar surface area (TPSA) is 78.4 Å². The van der Waals surface area contributed by atoms with Crippen LogP contribution in [0, 0.1) is 11.8 Å². The molecule has 0 radical (unpaired) electrons. The van der Waals surface area contributed by atoms with E-state index in [0.717, 1.165) is 38.5 Å². The average molecular weight is 270 g/mol. The standard InChI is InChI=1S/C14H26N2O3/c1-3-6-11(4-2)16-14(19)15-9-10-7-5-8-12(10)13(17)18/h10-12H,3-9H2,1-2H3,(H,17,18)(H2,15,16,19). The van der Waals surface area contributed by atoms with Crippen molar-refractivity contribution in [3.63, 3.8) is 0 Å². The van der Waals surface area contributed by atoms with E-state index in [4.69, 9.17) is 5.11 Å². The number of rotatable bonds is 7. The normalized spacial score (nSPS) is 23.9. The van der Waals surface area contributed by atoms with Crippen molar-refractivity contribution < 1.29 is 14.7 Å². The van der Waals surface area contributed by atoms with E-state index in [2.05, 4.69) is 24.5 Å². The van der Waals surface area contributed by atoms with Crippen molar-refractivity contribution in [2.75, 3.05) is 6.54 Å². The van der Waals surface area contributed by atoms with Gasteiger partial charge in [0.05, 0.1) is 5.92 Å². The summed E-state index contributed by atoms with van der Waals surface area (Å²) in [7, 11) is 0. The lowest BCUT2D eigenvalue weighted by molar-refractivity contribution is -0.142. The number of hydrogen-bond donors (Lipinski definition) is 3. The fraction of sp³-hybridized carbons (Fsp3) is 0.857. The molecule has 2 amide bonds. The molecular formula is C14H26N2O3. The van der Waals surface area contributed by atoms with Crippen molar-refractivity contribution in [2.24, 2.45) is 11.8 Å². The van der Waals surface area contributed by atoms with Crippen molar-refractivity contribution >= 4 is 12.0 Å². The Morgan fingerprint density at radius 3 is 2.63 bits per heavy atom. The third-order valence-corrected chi connectivity index (χ3v) is 3.97. The minimum atomic E-state index is -0.734. The molecule has 0 aliphatic heterocycles. The predicted octanol–water partition coefficient (Wildman–Crippen LogP) is 2.37. The first kappa shape index (κ1) is 15.8. The van der Waals surface area contributed by atoms with Gasteiger partial charge in [0.25, 0.3) is 0 Å². The molecule has 1 rings (SSSR count). The van der Waals surface area contributed by atoms with E-state index in [0.29, 0.717) is 6.54 Å². The van der Waals surface area contributed by atoms with E-state index >= 15 is 0 Å². The lowest BCUT2D eigenvalue weighted by Gasteiger charge is -2.19. The number of carboxylic acid groups (broad SMARTS) is 1. The monoisotopic (exact) mass is 270 g/mol. The Morgan fingerprint density at radius 1 is 1.32 bits per heavy atom. The Morgan fingerprint density at radius 2 is 2.05 bits per heavy atom. The fourth-order valence-electron chi connectivity index (χ4n) is 2.79. The fourth-order valence-corrected chi connectivity index (χ4v) is 2.79. The smallest absolute Gasteiger partial charge is 0.315 e. The number of carbonyl (C=O) groups is 2. The molecule has 1 fully saturated rings. The van der Waals surface area contributed by atoms with Gasteiger partial charge in [0.15, 0.2) is 0 Å². The number of hydrogen-bond acceptors (Lipinski definition) is 2. The molecule has 5 nitrogen and oxygen atoms in total. The molecule has 3 atom stereocenters. The molecule has 0 aromatic carbocycles. The first-order valence-corrected chi connectivity index (χ1v) is 7.35. The molecule has 0 spiro atoms. The number of carbonyl (C=O) groups excluding carboxylic acids is 1. The molecule has 1 aliphatic carbocycles. The van der Waals surface area contributed by atoms with Crippen molar-refractivity contribution in [1.82, 2.24) is 10.6 Å². The van der Waals surface area contributed by atoms with Gasteiger partial charge >= 0.3 is 12.0 Å². The highest BCUT2D eigenvalue weighted by Gasteiger charge is 2.32. The van der Waals surface area contributed by atoms with Crippen LogP contribution in [0.25, 0.3) is 0 Å². The van der Waals surface area contributed by atoms with Gasteiger partial charge in [0, 0.05) is 12.6 Å². The maximum Gasteiger partial charge on any atom is 0.315 e. The molecule has 0 bridgehead atoms. The first-order valence-electron chi connectivity index (χ1n) is 7.35. The summed E-state index contributed by atoms with van der Waals surface area (Å²) in [6.07, 6.45) is 5.51. The second-order valence-corrected chi connectivity index (χ2v) is 5.38. The van der Waals surface area contributed by atoms with Crippen LogP contribution in [0.4, 0.5) is 4.79 Å². The summed E-state index contributed by atoms with van der Waals surface area (Å²) in [6, 6.07) is 0.0418. The van der Waals surface area contributed by atoms with E-state index in [1.807, 2.05) is 0 Å². The Hall–Kier alpha value is -1.26. The van der Waals surface area contributed by atoms with Gasteiger partial charge in [-0.1, -0.05) is 26.7 Å². The Balaban J connectivity index is 2.31. The first-order chi connectivity index (χ1) is 9.08. The lowest BCUT2D eigenvalue weighted by Crippen LogP contribution is -2.44. The summed E-state index contributed by atoms with van der Waals surface area (Å²) in [5, 5.41) is 14.8. The van der Waals surface area contributed by atoms with E-state index in [-0.39, 0.29) is 23.9 Å². The van der Waals surface area contributed by atoms with Gasteiger partial charge in [-0.25, -0.2) is 4.79 Å². The van der Waals surface area contributed by atoms with Gasteiger partial charge in [-0.3, -0.25) is 4.79 Å². The molecular weight excluding hydrogens is 244 g/mol. The third-order valence-electron chi connectivity index (χ3n) is 3.97. The number of amides is 2. The lowest BCUT2D eigenvalue weighted by atomic mass is 9.96. The molecule has 5 heteroatoms. The number of carboxylic acids is 1. The van der Waals surface area contributed by atoms with E-state index in [1.165, 1.54) is 0 Å². The number of nitrogens with one attached hydrogen (secondary N) is 2. The van der Waals surface area contributed by atoms with Crippen LogP contribution in [-0.4, -0.2) is 29.7 Å². The highest BCUT2D eigenvalue weighted by Crippen LogP contribution is 2.31. The zero-order valence-electron chi connectivity index (χ0n) is 11.9. The molecule has 0 aromatic heterocycles. The Labute approximate surface area is 115 Å². The quantitative estimate of drug-likeness (QED) is 0.664. The molecule has 3 unspecified atom stereocenters. The maximum absolute atomic E-state index is 11.8. The van der Waals surface area contributed by atoms with Gasteiger partial charge in [0.1, 0.15) is 0 Å². The van der Waals surface area contributed by atoms with Gasteiger partial charge in [-0.05, 0) is 31.6 Å². The second kappa shape index (κ2) is 8.02. The van der Waals surface area contributed by atoms with Gasteiger partial charge in [0.2, 0.25) is 0 Å². The second-order valence-electron chi connectivity index (χ2n) is 5.38. The zero-order valence-corrected chi connectivity index (χ0v) is 11.9. The summed E-state index contributed by atoms with van der Waals surface area (Å²) >= 11 is 0. The van der Waals surface area contributed by atoms with E-state index in [9.17, 15) is 9.59 Å². The maximum atomic E-state index is 11.8. The average Bonchev–Trinajstić information content (AvgIpc) is 2.84. The summed E-state index contributed by atoms with van der Waals surface area (Å²) < 4.78 is 0. The van der Waals surface area contributed by atoms with Crippen LogP contribution < -0.4 is 10.6 Å². The molecule has 0 aromatic rings. The molecule has 110 valence electrons. The molecule has 1 saturated carbocycles. The van der Waals surface area contributed by atoms with Crippen LogP contribution in [0.15, 0.2) is 0 Å². The Bertz CT molecular complexity index is 307. The third kappa shape index (κ3) is 5.09. The molecule has 0 heterocycles. The van der Waals surface area contributed by atoms with Gasteiger partial charge < -0.3 is 15.7 Å². The summed E-state index contributed by atoms with van der Waals surface area (Å²) in [5.41, 5.74) is 0. The van der Waals surface area contributed by atoms with Crippen LogP contribution in [0.5, 0.6) is 0 Å². The summed E-state index contributed by atoms with van der Waals surface area (Å²) in [4.78, 5) is 22.8. The van der Waals surface area contributed by atoms with Crippen molar-refractivity contribution in [3.8, 4) is 0 Å². The minimum absolute atomic E-state index is 0.0782. The van der Waals surface area contributed by atoms with Gasteiger partial charge in [-0.15, -0.1) is 0 Å². The highest BCUT2D eigenvalue weighted by atomic mass is 16.4. The van der Waals surface area contributed by atoms with Crippen molar-refractivity contribution in [3.05, 3.63) is 0 Å². The number of aliphatic carboxylic acids is 1. The van der Waals surface area contributed by atoms with Gasteiger partial charge in [-0.2, -0.15) is 0 Å². The van der Waals surface area contributed by atoms with Crippen LogP contribution in [0.2, 0.25) is 0 Å². The highest BCUT2D eigenvalue weighted by molar-refractivity contribution is 5.74. The number of urea groups is 1. The van der Waals surface area contributed by atoms with Crippen molar-refractivity contribution in [2.45, 2.75) is 58.4 Å². The van der Waals surface area contributed by atoms with Crippen LogP contribution in [0.1, 0.15) is 52.4 Å². The van der Waals surface area contributed by atoms with Crippen LogP contribution in [0.3, 0.4) is 0 Å². The Kier molecular flexibility index (Phi) is 6.67. The minimum Gasteiger partial charge on any atom is -0.481 e. The predicted molar refractivity (Wildman–Crippen MR) is 74.0 cm³/mol. The molecule has 0 saturated heterocycles. The van der Waals surface area contributed by atoms with Crippen LogP contribution >= 0.6 is 0 Å². The summed E-state index contributed by atoms with van der Waals surface area (Å²) in [6.45, 7) is 4.61. The largest absolute Gasteiger partial charge is 0.481 e. The molecule has 1 aliphatic rings. The zero-order chi connectivity index (χ0) is 14.3. The molecule has 3 N–H and O–H groups in total. The van der Waals surface area contributed by atoms with E-state index < -0.39 is 5.97 Å². The van der Waals surface area contributed by atoms with Crippen LogP contribution in [-0.2, 0) is 4.79 Å². The van der Waals surface area contributed by atoms with E-state index in [1.54, 1.807) is 0 Å².